The molecule has 1 saturated heterocycles. The van der Waals surface area contributed by atoms with Gasteiger partial charge in [0.1, 0.15) is 17.2 Å². The molecule has 0 aliphatic carbocycles. The van der Waals surface area contributed by atoms with Gasteiger partial charge in [0, 0.05) is 24.4 Å². The first-order chi connectivity index (χ1) is 17.5. The Morgan fingerprint density at radius 2 is 1.97 bits per heavy atom. The summed E-state index contributed by atoms with van der Waals surface area (Å²) in [5.74, 6) is -0.722. The van der Waals surface area contributed by atoms with E-state index >= 15 is 0 Å². The maximum Gasteiger partial charge on any atom is 0.357 e. The number of rotatable bonds is 13. The van der Waals surface area contributed by atoms with E-state index in [1.807, 2.05) is 46.6 Å². The molecule has 1 aromatic heterocycles. The van der Waals surface area contributed by atoms with Crippen LogP contribution in [0.15, 0.2) is 5.38 Å². The molecule has 2 N–H and O–H groups in total. The third-order valence-electron chi connectivity index (χ3n) is 7.43. The molecule has 0 aromatic carbocycles. The molecule has 1 aromatic rings. The molecule has 37 heavy (non-hydrogen) atoms. The van der Waals surface area contributed by atoms with E-state index in [2.05, 4.69) is 15.2 Å². The molecule has 2 rings (SSSR count). The summed E-state index contributed by atoms with van der Waals surface area (Å²) >= 11 is 1.20. The number of amides is 2. The van der Waals surface area contributed by atoms with Gasteiger partial charge in [-0.3, -0.25) is 14.5 Å². The summed E-state index contributed by atoms with van der Waals surface area (Å²) in [6, 6.07) is -1.12. The van der Waals surface area contributed by atoms with E-state index in [0.717, 1.165) is 38.6 Å². The molecule has 0 spiro atoms. The van der Waals surface area contributed by atoms with Crippen LogP contribution >= 0.6 is 11.3 Å². The Morgan fingerprint density at radius 3 is 2.54 bits per heavy atom. The largest absolute Gasteiger partial charge is 0.464 e. The van der Waals surface area contributed by atoms with Gasteiger partial charge in [-0.2, -0.15) is 0 Å². The van der Waals surface area contributed by atoms with Crippen LogP contribution in [0.3, 0.4) is 0 Å². The number of methoxy groups -OCH3 is 1. The minimum Gasteiger partial charge on any atom is -0.464 e. The molecule has 9 nitrogen and oxygen atoms in total. The molecule has 1 aliphatic rings. The summed E-state index contributed by atoms with van der Waals surface area (Å²) < 4.78 is 4.72. The van der Waals surface area contributed by atoms with Crippen molar-refractivity contribution >= 4 is 29.1 Å². The van der Waals surface area contributed by atoms with Crippen LogP contribution in [0.2, 0.25) is 0 Å². The highest BCUT2D eigenvalue weighted by Gasteiger charge is 2.37. The fourth-order valence-corrected chi connectivity index (χ4v) is 5.71. The molecule has 10 heteroatoms. The Kier molecular flexibility index (Phi) is 12.5. The predicted molar refractivity (Wildman–Crippen MR) is 145 cm³/mol. The number of carbonyl (C=O) groups is 3. The highest BCUT2D eigenvalue weighted by Crippen LogP contribution is 2.29. The molecule has 5 atom stereocenters. The second-order valence-corrected chi connectivity index (χ2v) is 11.4. The standard InChI is InChI=1S/C27H46N4O5S/c1-8-13-31(21(17(3)4)15-22(32)25-28-19(16-37-25)27(35)36-7)26(34)23(18(5)9-2)29-24(33)20-12-10-11-14-30(20)6/h16-18,20-23,32H,8-15H2,1-7H3,(H,29,33)/t18-,20+,21?,22+,23-/m0/s1. The number of carbonyl (C=O) groups excluding carboxylic acids is 3. The van der Waals surface area contributed by atoms with Crippen molar-refractivity contribution in [3.05, 3.63) is 16.1 Å². The lowest BCUT2D eigenvalue weighted by molar-refractivity contribution is -0.142. The molecule has 1 fully saturated rings. The van der Waals surface area contributed by atoms with Gasteiger partial charge < -0.3 is 20.1 Å². The SMILES string of the molecule is CCCN(C(=O)[C@@H](NC(=O)[C@H]1CCCCN1C)[C@@H](C)CC)C(C[C@@H](O)c1nc(C(=O)OC)cs1)C(C)C. The number of hydrogen-bond donors (Lipinski definition) is 2. The number of hydrogen-bond acceptors (Lipinski definition) is 8. The van der Waals surface area contributed by atoms with Crippen molar-refractivity contribution in [2.75, 3.05) is 27.2 Å². The molecule has 0 saturated carbocycles. The van der Waals surface area contributed by atoms with E-state index in [-0.39, 0.29) is 47.8 Å². The third-order valence-corrected chi connectivity index (χ3v) is 8.38. The van der Waals surface area contributed by atoms with Gasteiger partial charge in [0.2, 0.25) is 11.8 Å². The van der Waals surface area contributed by atoms with E-state index < -0.39 is 18.1 Å². The van der Waals surface area contributed by atoms with Crippen molar-refractivity contribution in [1.29, 1.82) is 0 Å². The summed E-state index contributed by atoms with van der Waals surface area (Å²) in [4.78, 5) is 47.3. The van der Waals surface area contributed by atoms with Crippen LogP contribution in [-0.4, -0.2) is 83.0 Å². The molecule has 0 radical (unpaired) electrons. The average Bonchev–Trinajstić information content (AvgIpc) is 3.38. The molecular weight excluding hydrogens is 492 g/mol. The Hall–Kier alpha value is -2.04. The van der Waals surface area contributed by atoms with Crippen molar-refractivity contribution in [2.24, 2.45) is 11.8 Å². The maximum absolute atomic E-state index is 14.1. The third kappa shape index (κ3) is 8.22. The summed E-state index contributed by atoms with van der Waals surface area (Å²) in [6.45, 7) is 11.5. The smallest absolute Gasteiger partial charge is 0.357 e. The molecule has 210 valence electrons. The minimum atomic E-state index is -0.935. The number of esters is 1. The molecule has 1 unspecified atom stereocenters. The lowest BCUT2D eigenvalue weighted by Gasteiger charge is -2.39. The zero-order chi connectivity index (χ0) is 27.7. The predicted octanol–water partition coefficient (Wildman–Crippen LogP) is 3.63. The Labute approximate surface area is 226 Å². The van der Waals surface area contributed by atoms with Gasteiger partial charge in [-0.05, 0) is 44.7 Å². The van der Waals surface area contributed by atoms with Crippen LogP contribution in [-0.2, 0) is 14.3 Å². The fourth-order valence-electron chi connectivity index (χ4n) is 4.93. The second kappa shape index (κ2) is 14.8. The van der Waals surface area contributed by atoms with Crippen molar-refractivity contribution in [3.8, 4) is 0 Å². The summed E-state index contributed by atoms with van der Waals surface area (Å²) in [5, 5.41) is 16.1. The quantitative estimate of drug-likeness (QED) is 0.369. The van der Waals surface area contributed by atoms with Gasteiger partial charge in [0.25, 0.3) is 0 Å². The van der Waals surface area contributed by atoms with Gasteiger partial charge in [-0.1, -0.05) is 47.5 Å². The first-order valence-corrected chi connectivity index (χ1v) is 14.5. The van der Waals surface area contributed by atoms with Gasteiger partial charge in [0.05, 0.1) is 13.2 Å². The van der Waals surface area contributed by atoms with Gasteiger partial charge in [-0.25, -0.2) is 9.78 Å². The normalized spacial score (nSPS) is 19.6. The minimum absolute atomic E-state index is 0.0379. The number of aliphatic hydroxyl groups excluding tert-OH is 1. The van der Waals surface area contributed by atoms with Crippen LogP contribution in [0.1, 0.15) is 94.7 Å². The average molecular weight is 539 g/mol. The second-order valence-electron chi connectivity index (χ2n) is 10.5. The number of likely N-dealkylation sites (N-methyl/N-ethyl adjacent to an activating group) is 1. The molecule has 2 amide bonds. The molecule has 0 bridgehead atoms. The summed E-state index contributed by atoms with van der Waals surface area (Å²) in [5.41, 5.74) is 0.163. The highest BCUT2D eigenvalue weighted by atomic mass is 32.1. The number of aliphatic hydroxyl groups is 1. The van der Waals surface area contributed by atoms with Crippen LogP contribution in [0, 0.1) is 11.8 Å². The van der Waals surface area contributed by atoms with Gasteiger partial charge in [-0.15, -0.1) is 11.3 Å². The summed E-state index contributed by atoms with van der Waals surface area (Å²) in [7, 11) is 3.26. The van der Waals surface area contributed by atoms with E-state index in [1.54, 1.807) is 5.38 Å². The van der Waals surface area contributed by atoms with Gasteiger partial charge >= 0.3 is 5.97 Å². The molecule has 2 heterocycles. The number of thiazole rings is 1. The highest BCUT2D eigenvalue weighted by molar-refractivity contribution is 7.09. The zero-order valence-corrected chi connectivity index (χ0v) is 24.3. The number of nitrogens with one attached hydrogen (secondary N) is 1. The zero-order valence-electron chi connectivity index (χ0n) is 23.5. The van der Waals surface area contributed by atoms with E-state index in [1.165, 1.54) is 18.4 Å². The van der Waals surface area contributed by atoms with E-state index in [9.17, 15) is 19.5 Å². The molecular formula is C27H46N4O5S. The maximum atomic E-state index is 14.1. The first kappa shape index (κ1) is 31.2. The fraction of sp³-hybridized carbons (Fsp3) is 0.778. The van der Waals surface area contributed by atoms with Crippen LogP contribution in [0.4, 0.5) is 0 Å². The number of aromatic nitrogens is 1. The van der Waals surface area contributed by atoms with Crippen LogP contribution in [0.5, 0.6) is 0 Å². The number of likely N-dealkylation sites (tertiary alicyclic amines) is 1. The van der Waals surface area contributed by atoms with E-state index in [0.29, 0.717) is 11.6 Å². The summed E-state index contributed by atoms with van der Waals surface area (Å²) in [6.07, 6.45) is 3.73. The van der Waals surface area contributed by atoms with Crippen LogP contribution in [0.25, 0.3) is 0 Å². The van der Waals surface area contributed by atoms with Gasteiger partial charge in [0.15, 0.2) is 5.69 Å². The lowest BCUT2D eigenvalue weighted by Crippen LogP contribution is -2.58. The lowest BCUT2D eigenvalue weighted by atomic mass is 9.92. The Bertz CT molecular complexity index is 892. The van der Waals surface area contributed by atoms with Crippen molar-refractivity contribution in [3.63, 3.8) is 0 Å². The Morgan fingerprint density at radius 1 is 1.27 bits per heavy atom. The van der Waals surface area contributed by atoms with Crippen molar-refractivity contribution in [2.45, 2.75) is 97.4 Å². The number of ether oxygens (including phenoxy) is 1. The number of piperidine rings is 1. The van der Waals surface area contributed by atoms with Crippen molar-refractivity contribution in [1.82, 2.24) is 20.1 Å². The topological polar surface area (TPSA) is 112 Å². The monoisotopic (exact) mass is 538 g/mol. The number of nitrogens with zero attached hydrogens (tertiary/aromatic N) is 3. The first-order valence-electron chi connectivity index (χ1n) is 13.6. The Balaban J connectivity index is 2.27. The van der Waals surface area contributed by atoms with E-state index in [4.69, 9.17) is 4.74 Å². The molecule has 1 aliphatic heterocycles. The van der Waals surface area contributed by atoms with Crippen molar-refractivity contribution < 1.29 is 24.2 Å². The van der Waals surface area contributed by atoms with Crippen LogP contribution < -0.4 is 5.32 Å².